The van der Waals surface area contributed by atoms with Crippen molar-refractivity contribution in [3.8, 4) is 5.75 Å². The average molecular weight is 291 g/mol. The largest absolute Gasteiger partial charge is 0.496 e. The van der Waals surface area contributed by atoms with Crippen LogP contribution in [0.1, 0.15) is 36.6 Å². The second-order valence-corrected chi connectivity index (χ2v) is 6.09. The van der Waals surface area contributed by atoms with Crippen LogP contribution in [0, 0.1) is 19.8 Å². The highest BCUT2D eigenvalue weighted by Gasteiger charge is 2.18. The van der Waals surface area contributed by atoms with Gasteiger partial charge in [0.05, 0.1) is 12.8 Å². The van der Waals surface area contributed by atoms with E-state index in [1.807, 2.05) is 13.1 Å². The van der Waals surface area contributed by atoms with E-state index in [4.69, 9.17) is 4.74 Å². The quantitative estimate of drug-likeness (QED) is 0.874. The number of pyridine rings is 1. The predicted octanol–water partition coefficient (Wildman–Crippen LogP) is 2.53. The van der Waals surface area contributed by atoms with Crippen molar-refractivity contribution in [2.45, 2.75) is 40.2 Å². The summed E-state index contributed by atoms with van der Waals surface area (Å²) in [6, 6.07) is 0. The fourth-order valence-corrected chi connectivity index (χ4v) is 3.19. The zero-order valence-corrected chi connectivity index (χ0v) is 13.9. The van der Waals surface area contributed by atoms with E-state index in [-0.39, 0.29) is 0 Å². The molecule has 1 aliphatic heterocycles. The van der Waals surface area contributed by atoms with Crippen LogP contribution in [0.2, 0.25) is 0 Å². The molecule has 1 aliphatic rings. The molecular weight excluding hydrogens is 262 g/mol. The predicted molar refractivity (Wildman–Crippen MR) is 86.8 cm³/mol. The summed E-state index contributed by atoms with van der Waals surface area (Å²) in [5, 5.41) is 3.50. The number of piperidine rings is 1. The molecule has 4 heteroatoms. The second-order valence-electron chi connectivity index (χ2n) is 6.09. The highest BCUT2D eigenvalue weighted by atomic mass is 16.5. The number of aromatic nitrogens is 1. The van der Waals surface area contributed by atoms with Crippen LogP contribution in [-0.2, 0) is 6.54 Å². The van der Waals surface area contributed by atoms with Crippen LogP contribution in [0.4, 0.5) is 0 Å². The van der Waals surface area contributed by atoms with Gasteiger partial charge in [0.1, 0.15) is 5.75 Å². The number of nitrogens with zero attached hydrogens (tertiary/aromatic N) is 2. The third-order valence-corrected chi connectivity index (χ3v) is 4.49. The first-order valence-corrected chi connectivity index (χ1v) is 8.07. The van der Waals surface area contributed by atoms with Gasteiger partial charge < -0.3 is 10.1 Å². The standard InChI is InChI=1S/C17H29N3O/c1-5-20(11-15-7-6-8-18-10-15)12-16-14(3)17(21-4)13(2)9-19-16/h9,15,18H,5-8,10-12H2,1-4H3. The van der Waals surface area contributed by atoms with Gasteiger partial charge in [-0.2, -0.15) is 0 Å². The number of rotatable bonds is 6. The molecule has 0 spiro atoms. The first-order valence-electron chi connectivity index (χ1n) is 8.07. The van der Waals surface area contributed by atoms with E-state index in [9.17, 15) is 0 Å². The molecule has 2 rings (SSSR count). The Morgan fingerprint density at radius 1 is 1.43 bits per heavy atom. The molecule has 1 atom stereocenters. The van der Waals surface area contributed by atoms with Crippen molar-refractivity contribution in [1.82, 2.24) is 15.2 Å². The van der Waals surface area contributed by atoms with E-state index < -0.39 is 0 Å². The first-order chi connectivity index (χ1) is 10.2. The maximum atomic E-state index is 5.51. The van der Waals surface area contributed by atoms with Crippen LogP contribution >= 0.6 is 0 Å². The summed E-state index contributed by atoms with van der Waals surface area (Å²) in [5.41, 5.74) is 3.43. The molecule has 0 radical (unpaired) electrons. The molecule has 4 nitrogen and oxygen atoms in total. The topological polar surface area (TPSA) is 37.4 Å². The monoisotopic (exact) mass is 291 g/mol. The van der Waals surface area contributed by atoms with E-state index in [1.54, 1.807) is 7.11 Å². The van der Waals surface area contributed by atoms with Crippen LogP contribution < -0.4 is 10.1 Å². The number of methoxy groups -OCH3 is 1. The van der Waals surface area contributed by atoms with Gasteiger partial charge in [-0.3, -0.25) is 9.88 Å². The number of aryl methyl sites for hydroxylation is 1. The molecule has 1 aromatic rings. The summed E-state index contributed by atoms with van der Waals surface area (Å²) >= 11 is 0. The van der Waals surface area contributed by atoms with Crippen molar-refractivity contribution in [3.63, 3.8) is 0 Å². The van der Waals surface area contributed by atoms with Gasteiger partial charge in [-0.25, -0.2) is 0 Å². The highest BCUT2D eigenvalue weighted by molar-refractivity contribution is 5.41. The Morgan fingerprint density at radius 2 is 2.24 bits per heavy atom. The van der Waals surface area contributed by atoms with Crippen molar-refractivity contribution in [2.75, 3.05) is 33.3 Å². The highest BCUT2D eigenvalue weighted by Crippen LogP contribution is 2.25. The lowest BCUT2D eigenvalue weighted by Gasteiger charge is -2.29. The Labute approximate surface area is 128 Å². The summed E-state index contributed by atoms with van der Waals surface area (Å²) in [7, 11) is 1.74. The number of hydrogen-bond acceptors (Lipinski definition) is 4. The summed E-state index contributed by atoms with van der Waals surface area (Å²) < 4.78 is 5.51. The summed E-state index contributed by atoms with van der Waals surface area (Å²) in [4.78, 5) is 7.13. The van der Waals surface area contributed by atoms with Crippen molar-refractivity contribution < 1.29 is 4.74 Å². The summed E-state index contributed by atoms with van der Waals surface area (Å²) in [5.74, 6) is 1.75. The molecule has 0 aliphatic carbocycles. The molecule has 1 saturated heterocycles. The van der Waals surface area contributed by atoms with Crippen molar-refractivity contribution in [3.05, 3.63) is 23.0 Å². The maximum absolute atomic E-state index is 5.51. The Bertz CT molecular complexity index is 456. The number of ether oxygens (including phenoxy) is 1. The van der Waals surface area contributed by atoms with Crippen LogP contribution in [0.3, 0.4) is 0 Å². The Balaban J connectivity index is 2.04. The zero-order chi connectivity index (χ0) is 15.2. The smallest absolute Gasteiger partial charge is 0.128 e. The van der Waals surface area contributed by atoms with Crippen LogP contribution in [0.25, 0.3) is 0 Å². The van der Waals surface area contributed by atoms with E-state index in [0.29, 0.717) is 0 Å². The molecule has 0 amide bonds. The van der Waals surface area contributed by atoms with Gasteiger partial charge in [-0.05, 0) is 52.2 Å². The molecule has 1 aromatic heterocycles. The molecule has 1 fully saturated rings. The Kier molecular flexibility index (Phi) is 6.00. The van der Waals surface area contributed by atoms with Gasteiger partial charge in [0.25, 0.3) is 0 Å². The SMILES string of the molecule is CCN(Cc1ncc(C)c(OC)c1C)CC1CCCNC1. The third-order valence-electron chi connectivity index (χ3n) is 4.49. The van der Waals surface area contributed by atoms with Gasteiger partial charge in [-0.15, -0.1) is 0 Å². The normalized spacial score (nSPS) is 19.0. The molecule has 118 valence electrons. The fourth-order valence-electron chi connectivity index (χ4n) is 3.19. The van der Waals surface area contributed by atoms with Crippen LogP contribution in [-0.4, -0.2) is 43.2 Å². The lowest BCUT2D eigenvalue weighted by molar-refractivity contribution is 0.207. The lowest BCUT2D eigenvalue weighted by Crippen LogP contribution is -2.38. The van der Waals surface area contributed by atoms with Crippen molar-refractivity contribution >= 4 is 0 Å². The lowest BCUT2D eigenvalue weighted by atomic mass is 9.99. The fraction of sp³-hybridized carbons (Fsp3) is 0.706. The molecular formula is C17H29N3O. The van der Waals surface area contributed by atoms with Gasteiger partial charge in [-0.1, -0.05) is 6.92 Å². The van der Waals surface area contributed by atoms with Crippen molar-refractivity contribution in [1.29, 1.82) is 0 Å². The van der Waals surface area contributed by atoms with Crippen LogP contribution in [0.15, 0.2) is 6.20 Å². The second kappa shape index (κ2) is 7.76. The van der Waals surface area contributed by atoms with Crippen LogP contribution in [0.5, 0.6) is 5.75 Å². The Hall–Kier alpha value is -1.13. The molecule has 0 bridgehead atoms. The van der Waals surface area contributed by atoms with E-state index in [1.165, 1.54) is 24.9 Å². The molecule has 21 heavy (non-hydrogen) atoms. The van der Waals surface area contributed by atoms with Gasteiger partial charge in [0.2, 0.25) is 0 Å². The van der Waals surface area contributed by atoms with E-state index in [0.717, 1.165) is 49.1 Å². The zero-order valence-electron chi connectivity index (χ0n) is 13.9. The van der Waals surface area contributed by atoms with Gasteiger partial charge >= 0.3 is 0 Å². The summed E-state index contributed by atoms with van der Waals surface area (Å²) in [6.07, 6.45) is 4.57. The number of hydrogen-bond donors (Lipinski definition) is 1. The van der Waals surface area contributed by atoms with Gasteiger partial charge in [0.15, 0.2) is 0 Å². The summed E-state index contributed by atoms with van der Waals surface area (Å²) in [6.45, 7) is 11.9. The van der Waals surface area contributed by atoms with Gasteiger partial charge in [0, 0.05) is 30.4 Å². The molecule has 0 aromatic carbocycles. The molecule has 1 N–H and O–H groups in total. The van der Waals surface area contributed by atoms with E-state index in [2.05, 4.69) is 29.0 Å². The van der Waals surface area contributed by atoms with Crippen molar-refractivity contribution in [2.24, 2.45) is 5.92 Å². The minimum absolute atomic E-state index is 0.770. The van der Waals surface area contributed by atoms with E-state index >= 15 is 0 Å². The number of nitrogens with one attached hydrogen (secondary N) is 1. The first kappa shape index (κ1) is 16.2. The molecule has 1 unspecified atom stereocenters. The maximum Gasteiger partial charge on any atom is 0.128 e. The molecule has 2 heterocycles. The molecule has 0 saturated carbocycles. The average Bonchev–Trinajstić information content (AvgIpc) is 2.50. The minimum Gasteiger partial charge on any atom is -0.496 e. The third kappa shape index (κ3) is 4.17. The minimum atomic E-state index is 0.770. The Morgan fingerprint density at radius 3 is 2.86 bits per heavy atom.